The van der Waals surface area contributed by atoms with Crippen LogP contribution in [0.25, 0.3) is 10.9 Å². The summed E-state index contributed by atoms with van der Waals surface area (Å²) in [4.78, 5) is 28.0. The van der Waals surface area contributed by atoms with Gasteiger partial charge < -0.3 is 10.1 Å². The molecule has 0 saturated heterocycles. The maximum atomic E-state index is 12.0. The third-order valence-corrected chi connectivity index (χ3v) is 3.20. The molecule has 0 aliphatic rings. The van der Waals surface area contributed by atoms with Gasteiger partial charge in [-0.3, -0.25) is 4.79 Å². The summed E-state index contributed by atoms with van der Waals surface area (Å²) in [7, 11) is 0. The summed E-state index contributed by atoms with van der Waals surface area (Å²) in [6, 6.07) is 19.8. The summed E-state index contributed by atoms with van der Waals surface area (Å²) in [6.07, 6.45) is 0. The van der Waals surface area contributed by atoms with Crippen LogP contribution in [0.5, 0.6) is 0 Å². The number of carbonyl (C=O) groups is 2. The van der Waals surface area contributed by atoms with E-state index in [1.807, 2.05) is 30.3 Å². The van der Waals surface area contributed by atoms with E-state index >= 15 is 0 Å². The van der Waals surface area contributed by atoms with Crippen LogP contribution in [0.2, 0.25) is 0 Å². The Bertz CT molecular complexity index is 847. The van der Waals surface area contributed by atoms with Crippen LogP contribution in [0.4, 0.5) is 5.69 Å². The summed E-state index contributed by atoms with van der Waals surface area (Å²) in [5.74, 6) is -1.02. The van der Waals surface area contributed by atoms with E-state index in [0.29, 0.717) is 11.2 Å². The van der Waals surface area contributed by atoms with Gasteiger partial charge in [-0.2, -0.15) is 0 Å². The van der Waals surface area contributed by atoms with Crippen molar-refractivity contribution in [1.29, 1.82) is 0 Å². The summed E-state index contributed by atoms with van der Waals surface area (Å²) < 4.78 is 5.00. The molecule has 0 bridgehead atoms. The third kappa shape index (κ3) is 3.71. The average Bonchev–Trinajstić information content (AvgIpc) is 2.60. The minimum Gasteiger partial charge on any atom is -0.451 e. The molecule has 1 heterocycles. The van der Waals surface area contributed by atoms with Crippen molar-refractivity contribution in [2.24, 2.45) is 0 Å². The lowest BCUT2D eigenvalue weighted by molar-refractivity contribution is -0.119. The van der Waals surface area contributed by atoms with Crippen molar-refractivity contribution < 1.29 is 14.3 Å². The smallest absolute Gasteiger partial charge is 0.357 e. The number of hydrogen-bond acceptors (Lipinski definition) is 4. The van der Waals surface area contributed by atoms with Gasteiger partial charge in [0.1, 0.15) is 5.69 Å². The van der Waals surface area contributed by atoms with Crippen molar-refractivity contribution in [3.8, 4) is 0 Å². The molecule has 0 fully saturated rings. The molecule has 3 rings (SSSR count). The first-order chi connectivity index (χ1) is 11.2. The second-order valence-electron chi connectivity index (χ2n) is 4.88. The van der Waals surface area contributed by atoms with Gasteiger partial charge in [0.2, 0.25) is 0 Å². The van der Waals surface area contributed by atoms with Gasteiger partial charge in [0.25, 0.3) is 5.91 Å². The number of amides is 1. The van der Waals surface area contributed by atoms with Gasteiger partial charge >= 0.3 is 5.97 Å². The van der Waals surface area contributed by atoms with E-state index in [4.69, 9.17) is 4.74 Å². The quantitative estimate of drug-likeness (QED) is 0.752. The number of anilines is 1. The van der Waals surface area contributed by atoms with Crippen LogP contribution in [0.1, 0.15) is 10.5 Å². The van der Waals surface area contributed by atoms with E-state index in [0.717, 1.165) is 5.39 Å². The van der Waals surface area contributed by atoms with Crippen molar-refractivity contribution in [2.45, 2.75) is 0 Å². The number of benzene rings is 2. The van der Waals surface area contributed by atoms with Gasteiger partial charge in [0.05, 0.1) is 5.52 Å². The Morgan fingerprint density at radius 2 is 1.65 bits per heavy atom. The normalized spacial score (nSPS) is 10.3. The SMILES string of the molecule is O=C(COC(=O)c1ccc2ccccc2n1)Nc1ccccc1. The number of aromatic nitrogens is 1. The molecule has 114 valence electrons. The number of esters is 1. The standard InChI is InChI=1S/C18H14N2O3/c21-17(19-14-7-2-1-3-8-14)12-23-18(22)16-11-10-13-6-4-5-9-15(13)20-16/h1-11H,12H2,(H,19,21). The van der Waals surface area contributed by atoms with Crippen molar-refractivity contribution in [3.63, 3.8) is 0 Å². The average molecular weight is 306 g/mol. The first kappa shape index (κ1) is 14.7. The first-order valence-corrected chi connectivity index (χ1v) is 7.10. The fourth-order valence-electron chi connectivity index (χ4n) is 2.10. The van der Waals surface area contributed by atoms with Crippen LogP contribution in [0, 0.1) is 0 Å². The Morgan fingerprint density at radius 3 is 2.48 bits per heavy atom. The van der Waals surface area contributed by atoms with Crippen LogP contribution in [0.3, 0.4) is 0 Å². The first-order valence-electron chi connectivity index (χ1n) is 7.10. The number of pyridine rings is 1. The highest BCUT2D eigenvalue weighted by Crippen LogP contribution is 2.12. The molecule has 5 nitrogen and oxygen atoms in total. The van der Waals surface area contributed by atoms with Crippen molar-refractivity contribution in [2.75, 3.05) is 11.9 Å². The number of hydrogen-bond donors (Lipinski definition) is 1. The zero-order valence-electron chi connectivity index (χ0n) is 12.2. The molecular formula is C18H14N2O3. The van der Waals surface area contributed by atoms with Crippen LogP contribution in [-0.2, 0) is 9.53 Å². The molecule has 5 heteroatoms. The molecule has 2 aromatic carbocycles. The number of rotatable bonds is 4. The molecule has 3 aromatic rings. The lowest BCUT2D eigenvalue weighted by atomic mass is 10.2. The van der Waals surface area contributed by atoms with E-state index < -0.39 is 11.9 Å². The van der Waals surface area contributed by atoms with Crippen LogP contribution < -0.4 is 5.32 Å². The second kappa shape index (κ2) is 6.70. The molecule has 23 heavy (non-hydrogen) atoms. The molecule has 0 radical (unpaired) electrons. The minimum atomic E-state index is -0.626. The fraction of sp³-hybridized carbons (Fsp3) is 0.0556. The van der Waals surface area contributed by atoms with Gasteiger partial charge in [-0.05, 0) is 24.3 Å². The molecule has 0 saturated carbocycles. The highest BCUT2D eigenvalue weighted by atomic mass is 16.5. The Hall–Kier alpha value is -3.21. The Kier molecular flexibility index (Phi) is 4.29. The largest absolute Gasteiger partial charge is 0.451 e. The van der Waals surface area contributed by atoms with Gasteiger partial charge in [0, 0.05) is 11.1 Å². The van der Waals surface area contributed by atoms with Gasteiger partial charge in [-0.1, -0.05) is 42.5 Å². The summed E-state index contributed by atoms with van der Waals surface area (Å²) in [5, 5.41) is 3.58. The molecular weight excluding hydrogens is 292 g/mol. The summed E-state index contributed by atoms with van der Waals surface area (Å²) in [6.45, 7) is -0.359. The van der Waals surface area contributed by atoms with Crippen molar-refractivity contribution in [3.05, 3.63) is 72.4 Å². The Labute approximate surface area is 132 Å². The number of nitrogens with one attached hydrogen (secondary N) is 1. The van der Waals surface area contributed by atoms with E-state index in [1.54, 1.807) is 36.4 Å². The summed E-state index contributed by atoms with van der Waals surface area (Å²) >= 11 is 0. The Balaban J connectivity index is 1.61. The number of para-hydroxylation sites is 2. The predicted octanol–water partition coefficient (Wildman–Crippen LogP) is 3.03. The van der Waals surface area contributed by atoms with Gasteiger partial charge in [-0.15, -0.1) is 0 Å². The van der Waals surface area contributed by atoms with E-state index in [2.05, 4.69) is 10.3 Å². The number of nitrogens with zero attached hydrogens (tertiary/aromatic N) is 1. The molecule has 0 aliphatic heterocycles. The highest BCUT2D eigenvalue weighted by Gasteiger charge is 2.12. The Morgan fingerprint density at radius 1 is 0.913 bits per heavy atom. The maximum absolute atomic E-state index is 12.0. The third-order valence-electron chi connectivity index (χ3n) is 3.20. The fourth-order valence-corrected chi connectivity index (χ4v) is 2.10. The molecule has 0 unspecified atom stereocenters. The van der Waals surface area contributed by atoms with Crippen molar-refractivity contribution in [1.82, 2.24) is 4.98 Å². The van der Waals surface area contributed by atoms with Gasteiger partial charge in [0.15, 0.2) is 6.61 Å². The van der Waals surface area contributed by atoms with E-state index in [1.165, 1.54) is 0 Å². The van der Waals surface area contributed by atoms with Crippen molar-refractivity contribution >= 4 is 28.5 Å². The number of carbonyl (C=O) groups excluding carboxylic acids is 2. The molecule has 1 aromatic heterocycles. The molecule has 1 N–H and O–H groups in total. The molecule has 0 spiro atoms. The maximum Gasteiger partial charge on any atom is 0.357 e. The lowest BCUT2D eigenvalue weighted by Crippen LogP contribution is -2.21. The topological polar surface area (TPSA) is 68.3 Å². The second-order valence-corrected chi connectivity index (χ2v) is 4.88. The molecule has 0 atom stereocenters. The van der Waals surface area contributed by atoms with E-state index in [-0.39, 0.29) is 12.3 Å². The predicted molar refractivity (Wildman–Crippen MR) is 87.1 cm³/mol. The lowest BCUT2D eigenvalue weighted by Gasteiger charge is -2.06. The van der Waals surface area contributed by atoms with Crippen LogP contribution >= 0.6 is 0 Å². The monoisotopic (exact) mass is 306 g/mol. The molecule has 1 amide bonds. The highest BCUT2D eigenvalue weighted by molar-refractivity contribution is 5.95. The van der Waals surface area contributed by atoms with Gasteiger partial charge in [-0.25, -0.2) is 9.78 Å². The van der Waals surface area contributed by atoms with E-state index in [9.17, 15) is 9.59 Å². The zero-order valence-corrected chi connectivity index (χ0v) is 12.2. The number of ether oxygens (including phenoxy) is 1. The van der Waals surface area contributed by atoms with Crippen LogP contribution in [0.15, 0.2) is 66.7 Å². The zero-order chi connectivity index (χ0) is 16.1. The molecule has 0 aliphatic carbocycles. The number of fused-ring (bicyclic) bond motifs is 1. The van der Waals surface area contributed by atoms with Crippen LogP contribution in [-0.4, -0.2) is 23.5 Å². The summed E-state index contributed by atoms with van der Waals surface area (Å²) in [5.41, 5.74) is 1.53. The minimum absolute atomic E-state index is 0.177.